The summed E-state index contributed by atoms with van der Waals surface area (Å²) < 4.78 is 25.9. The third-order valence-corrected chi connectivity index (χ3v) is 6.46. The third-order valence-electron chi connectivity index (χ3n) is 5.33. The molecule has 0 saturated heterocycles. The second-order valence-electron chi connectivity index (χ2n) is 7.42. The maximum atomic E-state index is 12.7. The maximum Gasteiger partial charge on any atom is 0.241 e. The van der Waals surface area contributed by atoms with Crippen LogP contribution in [0.3, 0.4) is 0 Å². The molecule has 0 bridgehead atoms. The molecular formula is C22H28N2O3S. The number of nitrogens with zero attached hydrogens (tertiary/aromatic N) is 1. The standard InChI is InChI=1S/C22H28N2O3S/c1-4-17-8-5-6-11-21(17)24(28(3,26)27)15-22(25)23-16(2)19-13-12-18-9-7-10-20(18)14-19/h5-6,8,11-14,16H,4,7,9-10,15H2,1-3H3,(H,23,25)/t16-/m0/s1. The summed E-state index contributed by atoms with van der Waals surface area (Å²) in [5, 5.41) is 2.95. The topological polar surface area (TPSA) is 66.5 Å². The summed E-state index contributed by atoms with van der Waals surface area (Å²) in [6.07, 6.45) is 5.21. The van der Waals surface area contributed by atoms with Crippen LogP contribution in [-0.2, 0) is 34.1 Å². The van der Waals surface area contributed by atoms with E-state index in [-0.39, 0.29) is 18.5 Å². The Hall–Kier alpha value is -2.34. The van der Waals surface area contributed by atoms with Crippen LogP contribution in [0.5, 0.6) is 0 Å². The number of carbonyl (C=O) groups excluding carboxylic acids is 1. The first-order valence-corrected chi connectivity index (χ1v) is 11.6. The summed E-state index contributed by atoms with van der Waals surface area (Å²) in [5.74, 6) is -0.315. The Kier molecular flexibility index (Phi) is 6.08. The first-order valence-electron chi connectivity index (χ1n) is 9.76. The van der Waals surface area contributed by atoms with Gasteiger partial charge in [0.2, 0.25) is 15.9 Å². The summed E-state index contributed by atoms with van der Waals surface area (Å²) in [7, 11) is -3.58. The highest BCUT2D eigenvalue weighted by Crippen LogP contribution is 2.26. The molecule has 1 aliphatic rings. The number of hydrogen-bond acceptors (Lipinski definition) is 3. The van der Waals surface area contributed by atoms with Crippen LogP contribution in [0.25, 0.3) is 0 Å². The molecule has 1 atom stereocenters. The summed E-state index contributed by atoms with van der Waals surface area (Å²) in [6, 6.07) is 13.5. The van der Waals surface area contributed by atoms with E-state index in [1.165, 1.54) is 21.9 Å². The van der Waals surface area contributed by atoms with Crippen LogP contribution in [0.2, 0.25) is 0 Å². The van der Waals surface area contributed by atoms with Gasteiger partial charge in [-0.3, -0.25) is 9.10 Å². The number of nitrogens with one attached hydrogen (secondary N) is 1. The molecule has 2 aromatic rings. The van der Waals surface area contributed by atoms with Crippen LogP contribution >= 0.6 is 0 Å². The van der Waals surface area contributed by atoms with Crippen molar-refractivity contribution in [1.29, 1.82) is 0 Å². The molecule has 1 amide bonds. The molecule has 0 heterocycles. The second-order valence-corrected chi connectivity index (χ2v) is 9.33. The van der Waals surface area contributed by atoms with Crippen molar-refractivity contribution in [1.82, 2.24) is 5.32 Å². The fourth-order valence-electron chi connectivity index (χ4n) is 3.80. The average molecular weight is 401 g/mol. The van der Waals surface area contributed by atoms with Crippen molar-refractivity contribution in [3.05, 3.63) is 64.7 Å². The van der Waals surface area contributed by atoms with Crippen molar-refractivity contribution in [2.45, 2.75) is 45.6 Å². The van der Waals surface area contributed by atoms with Crippen molar-refractivity contribution in [3.8, 4) is 0 Å². The summed E-state index contributed by atoms with van der Waals surface area (Å²) in [4.78, 5) is 12.7. The molecule has 0 fully saturated rings. The smallest absolute Gasteiger partial charge is 0.241 e. The number of amides is 1. The Labute approximate surface area is 167 Å². The van der Waals surface area contributed by atoms with E-state index in [1.54, 1.807) is 12.1 Å². The summed E-state index contributed by atoms with van der Waals surface area (Å²) in [6.45, 7) is 3.67. The third kappa shape index (κ3) is 4.55. The van der Waals surface area contributed by atoms with E-state index in [0.29, 0.717) is 12.1 Å². The minimum atomic E-state index is -3.58. The predicted octanol–water partition coefficient (Wildman–Crippen LogP) is 3.38. The molecule has 0 unspecified atom stereocenters. The minimum Gasteiger partial charge on any atom is -0.348 e. The highest BCUT2D eigenvalue weighted by Gasteiger charge is 2.24. The molecule has 0 aliphatic heterocycles. The molecule has 1 aliphatic carbocycles. The van der Waals surface area contributed by atoms with Gasteiger partial charge in [0.05, 0.1) is 18.0 Å². The van der Waals surface area contributed by atoms with E-state index in [2.05, 4.69) is 23.5 Å². The van der Waals surface area contributed by atoms with Crippen molar-refractivity contribution in [2.24, 2.45) is 0 Å². The van der Waals surface area contributed by atoms with Gasteiger partial charge >= 0.3 is 0 Å². The number of sulfonamides is 1. The number of hydrogen-bond donors (Lipinski definition) is 1. The zero-order valence-corrected chi connectivity index (χ0v) is 17.6. The second kappa shape index (κ2) is 8.35. The first kappa shape index (κ1) is 20.4. The molecule has 28 heavy (non-hydrogen) atoms. The molecule has 0 aromatic heterocycles. The molecule has 3 rings (SSSR count). The predicted molar refractivity (Wildman–Crippen MR) is 113 cm³/mol. The Morgan fingerprint density at radius 2 is 1.86 bits per heavy atom. The zero-order chi connectivity index (χ0) is 20.3. The fourth-order valence-corrected chi connectivity index (χ4v) is 4.68. The molecule has 5 nitrogen and oxygen atoms in total. The Morgan fingerprint density at radius 1 is 1.14 bits per heavy atom. The SMILES string of the molecule is CCc1ccccc1N(CC(=O)N[C@@H](C)c1ccc2c(c1)CCC2)S(C)(=O)=O. The van der Waals surface area contributed by atoms with E-state index in [0.717, 1.165) is 30.2 Å². The number of rotatable bonds is 7. The quantitative estimate of drug-likeness (QED) is 0.775. The van der Waals surface area contributed by atoms with Gasteiger partial charge in [-0.15, -0.1) is 0 Å². The maximum absolute atomic E-state index is 12.7. The summed E-state index contributed by atoms with van der Waals surface area (Å²) >= 11 is 0. The van der Waals surface area contributed by atoms with E-state index in [4.69, 9.17) is 0 Å². The highest BCUT2D eigenvalue weighted by atomic mass is 32.2. The first-order chi connectivity index (χ1) is 13.3. The van der Waals surface area contributed by atoms with Crippen LogP contribution in [0, 0.1) is 0 Å². The highest BCUT2D eigenvalue weighted by molar-refractivity contribution is 7.92. The monoisotopic (exact) mass is 400 g/mol. The molecule has 2 aromatic carbocycles. The zero-order valence-electron chi connectivity index (χ0n) is 16.7. The van der Waals surface area contributed by atoms with Gasteiger partial charge in [0.25, 0.3) is 0 Å². The lowest BCUT2D eigenvalue weighted by Gasteiger charge is -2.25. The van der Waals surface area contributed by atoms with Crippen LogP contribution < -0.4 is 9.62 Å². The molecular weight excluding hydrogens is 372 g/mol. The average Bonchev–Trinajstić information content (AvgIpc) is 3.13. The fraction of sp³-hybridized carbons (Fsp3) is 0.409. The number of aryl methyl sites for hydroxylation is 3. The number of carbonyl (C=O) groups is 1. The number of benzene rings is 2. The van der Waals surface area contributed by atoms with Gasteiger partial charge in [-0.2, -0.15) is 0 Å². The van der Waals surface area contributed by atoms with Gasteiger partial charge in [0.1, 0.15) is 6.54 Å². The van der Waals surface area contributed by atoms with Gasteiger partial charge in [0.15, 0.2) is 0 Å². The lowest BCUT2D eigenvalue weighted by atomic mass is 10.0. The van der Waals surface area contributed by atoms with E-state index in [1.807, 2.05) is 26.0 Å². The van der Waals surface area contributed by atoms with Crippen molar-refractivity contribution in [3.63, 3.8) is 0 Å². The molecule has 0 saturated carbocycles. The van der Waals surface area contributed by atoms with Gasteiger partial charge in [0, 0.05) is 0 Å². The van der Waals surface area contributed by atoms with E-state index < -0.39 is 10.0 Å². The van der Waals surface area contributed by atoms with Gasteiger partial charge in [-0.05, 0) is 60.9 Å². The number of fused-ring (bicyclic) bond motifs is 1. The summed E-state index contributed by atoms with van der Waals surface area (Å²) in [5.41, 5.74) is 5.25. The van der Waals surface area contributed by atoms with Gasteiger partial charge in [-0.25, -0.2) is 8.42 Å². The van der Waals surface area contributed by atoms with Crippen LogP contribution in [0.15, 0.2) is 42.5 Å². The lowest BCUT2D eigenvalue weighted by molar-refractivity contribution is -0.120. The van der Waals surface area contributed by atoms with Crippen molar-refractivity contribution < 1.29 is 13.2 Å². The van der Waals surface area contributed by atoms with Crippen LogP contribution in [-0.4, -0.2) is 27.1 Å². The molecule has 150 valence electrons. The van der Waals surface area contributed by atoms with Crippen LogP contribution in [0.4, 0.5) is 5.69 Å². The van der Waals surface area contributed by atoms with Gasteiger partial charge < -0.3 is 5.32 Å². The van der Waals surface area contributed by atoms with E-state index in [9.17, 15) is 13.2 Å². The molecule has 1 N–H and O–H groups in total. The molecule has 0 radical (unpaired) electrons. The lowest BCUT2D eigenvalue weighted by Crippen LogP contribution is -2.41. The Morgan fingerprint density at radius 3 is 2.57 bits per heavy atom. The normalized spacial score (nSPS) is 14.4. The number of anilines is 1. The molecule has 6 heteroatoms. The van der Waals surface area contributed by atoms with Gasteiger partial charge in [-0.1, -0.05) is 43.3 Å². The van der Waals surface area contributed by atoms with Crippen molar-refractivity contribution >= 4 is 21.6 Å². The number of para-hydroxylation sites is 1. The van der Waals surface area contributed by atoms with Crippen molar-refractivity contribution in [2.75, 3.05) is 17.1 Å². The Bertz CT molecular complexity index is 969. The largest absolute Gasteiger partial charge is 0.348 e. The van der Waals surface area contributed by atoms with E-state index >= 15 is 0 Å². The molecule has 0 spiro atoms. The minimum absolute atomic E-state index is 0.179. The van der Waals surface area contributed by atoms with Crippen LogP contribution in [0.1, 0.15) is 48.6 Å². The Balaban J connectivity index is 1.75.